The van der Waals surface area contributed by atoms with Gasteiger partial charge in [0.2, 0.25) is 5.91 Å². The minimum atomic E-state index is -1.16. The second-order valence-electron chi connectivity index (χ2n) is 5.09. The molecule has 0 atom stereocenters. The van der Waals surface area contributed by atoms with Gasteiger partial charge in [-0.25, -0.2) is 10.9 Å². The second kappa shape index (κ2) is 14.7. The van der Waals surface area contributed by atoms with Crippen molar-refractivity contribution in [1.82, 2.24) is 16.0 Å². The topological polar surface area (TPSA) is 109 Å². The summed E-state index contributed by atoms with van der Waals surface area (Å²) in [6, 6.07) is 0. The van der Waals surface area contributed by atoms with Crippen LogP contribution in [0.1, 0.15) is 20.3 Å². The Morgan fingerprint density at radius 3 is 1.76 bits per heavy atom. The van der Waals surface area contributed by atoms with E-state index in [2.05, 4.69) is 10.9 Å². The van der Waals surface area contributed by atoms with Crippen LogP contribution in [-0.2, 0) is 28.4 Å². The van der Waals surface area contributed by atoms with E-state index in [1.54, 1.807) is 19.3 Å². The molecule has 4 N–H and O–H groups in total. The molecule has 0 bridgehead atoms. The molecule has 152 valence electrons. The zero-order chi connectivity index (χ0) is 19.1. The molecule has 0 fully saturated rings. The van der Waals surface area contributed by atoms with Gasteiger partial charge in [0.05, 0.1) is 13.1 Å². The molecule has 0 aromatic carbocycles. The minimum absolute atomic E-state index is 0.354. The molecule has 0 aliphatic heterocycles. The first kappa shape index (κ1) is 24.6. The van der Waals surface area contributed by atoms with Crippen LogP contribution in [0, 0.1) is 0 Å². The first-order valence-corrected chi connectivity index (χ1v) is 8.40. The van der Waals surface area contributed by atoms with E-state index < -0.39 is 5.91 Å². The van der Waals surface area contributed by atoms with Crippen molar-refractivity contribution in [2.24, 2.45) is 5.73 Å². The van der Waals surface area contributed by atoms with Gasteiger partial charge in [-0.1, -0.05) is 0 Å². The third-order valence-electron chi connectivity index (χ3n) is 3.50. The molecule has 0 aromatic heterocycles. The Morgan fingerprint density at radius 1 is 0.880 bits per heavy atom. The summed E-state index contributed by atoms with van der Waals surface area (Å²) in [7, 11) is 6.16. The Balaban J connectivity index is 4.64. The highest BCUT2D eigenvalue weighted by molar-refractivity contribution is 4.63. The summed E-state index contributed by atoms with van der Waals surface area (Å²) in [5.41, 5.74) is 12.4. The normalized spacial score (nSPS) is 12.7. The zero-order valence-electron chi connectivity index (χ0n) is 16.4. The minimum Gasteiger partial charge on any atom is -0.354 e. The van der Waals surface area contributed by atoms with Crippen LogP contribution in [-0.4, -0.2) is 84.9 Å². The summed E-state index contributed by atoms with van der Waals surface area (Å²) < 4.78 is 31.8. The van der Waals surface area contributed by atoms with E-state index in [1.165, 1.54) is 14.2 Å². The van der Waals surface area contributed by atoms with Gasteiger partial charge in [-0.15, -0.1) is 0 Å². The Labute approximate surface area is 151 Å². The predicted octanol–water partition coefficient (Wildman–Crippen LogP) is -0.389. The number of hydrogen-bond donors (Lipinski definition) is 3. The van der Waals surface area contributed by atoms with E-state index in [4.69, 9.17) is 34.2 Å². The van der Waals surface area contributed by atoms with Crippen LogP contribution in [0.25, 0.3) is 0 Å². The molecule has 0 amide bonds. The summed E-state index contributed by atoms with van der Waals surface area (Å²) in [5.74, 6) is -1.16. The van der Waals surface area contributed by atoms with Gasteiger partial charge >= 0.3 is 0 Å². The lowest BCUT2D eigenvalue weighted by atomic mass is 10.3. The summed E-state index contributed by atoms with van der Waals surface area (Å²) in [6.07, 6.45) is -0.322. The van der Waals surface area contributed by atoms with Crippen molar-refractivity contribution >= 4 is 0 Å². The highest BCUT2D eigenvalue weighted by Gasteiger charge is 2.25. The summed E-state index contributed by atoms with van der Waals surface area (Å²) in [4.78, 5) is 0. The van der Waals surface area contributed by atoms with Crippen LogP contribution in [0.15, 0.2) is 0 Å². The molecule has 0 aliphatic carbocycles. The molecule has 10 nitrogen and oxygen atoms in total. The largest absolute Gasteiger partial charge is 0.354 e. The van der Waals surface area contributed by atoms with Crippen molar-refractivity contribution in [1.29, 1.82) is 0 Å². The lowest BCUT2D eigenvalue weighted by Crippen LogP contribution is -2.56. The van der Waals surface area contributed by atoms with E-state index in [1.807, 2.05) is 13.8 Å². The Hall–Kier alpha value is -0.400. The van der Waals surface area contributed by atoms with Crippen LogP contribution >= 0.6 is 0 Å². The second-order valence-corrected chi connectivity index (χ2v) is 5.09. The van der Waals surface area contributed by atoms with Crippen molar-refractivity contribution in [3.05, 3.63) is 0 Å². The molecule has 0 heterocycles. The smallest absolute Gasteiger partial charge is 0.225 e. The van der Waals surface area contributed by atoms with Gasteiger partial charge in [0.15, 0.2) is 12.6 Å². The van der Waals surface area contributed by atoms with Crippen molar-refractivity contribution in [3.63, 3.8) is 0 Å². The maximum Gasteiger partial charge on any atom is 0.225 e. The molecule has 0 spiro atoms. The van der Waals surface area contributed by atoms with E-state index >= 15 is 0 Å². The fourth-order valence-corrected chi connectivity index (χ4v) is 1.94. The number of hydrogen-bond acceptors (Lipinski definition) is 10. The highest BCUT2D eigenvalue weighted by Crippen LogP contribution is 2.08. The van der Waals surface area contributed by atoms with Crippen molar-refractivity contribution in [3.8, 4) is 0 Å². The zero-order valence-corrected chi connectivity index (χ0v) is 16.4. The Morgan fingerprint density at radius 2 is 1.36 bits per heavy atom. The van der Waals surface area contributed by atoms with Crippen LogP contribution < -0.4 is 16.6 Å². The fourth-order valence-electron chi connectivity index (χ4n) is 1.94. The molecule has 25 heavy (non-hydrogen) atoms. The van der Waals surface area contributed by atoms with E-state index in [9.17, 15) is 0 Å². The van der Waals surface area contributed by atoms with Gasteiger partial charge in [-0.05, 0) is 13.8 Å². The van der Waals surface area contributed by atoms with Crippen LogP contribution in [0.3, 0.4) is 0 Å². The van der Waals surface area contributed by atoms with Gasteiger partial charge in [0.25, 0.3) is 0 Å². The van der Waals surface area contributed by atoms with Crippen LogP contribution in [0.4, 0.5) is 0 Å². The van der Waals surface area contributed by atoms with E-state index in [-0.39, 0.29) is 12.6 Å². The molecule has 0 rings (SSSR count). The number of nitrogens with two attached hydrogens (primary N) is 1. The molecule has 0 radical (unpaired) electrons. The summed E-state index contributed by atoms with van der Waals surface area (Å²) >= 11 is 0. The first-order valence-electron chi connectivity index (χ1n) is 8.40. The summed E-state index contributed by atoms with van der Waals surface area (Å²) in [5, 5.41) is 1.76. The molecule has 10 heteroatoms. The first-order chi connectivity index (χ1) is 12.0. The molecule has 0 aliphatic rings. The maximum absolute atomic E-state index is 5.98. The summed E-state index contributed by atoms with van der Waals surface area (Å²) in [6.45, 7) is 6.35. The molecule has 0 saturated carbocycles. The average Bonchev–Trinajstić information content (AvgIpc) is 2.63. The van der Waals surface area contributed by atoms with Gasteiger partial charge in [-0.3, -0.25) is 5.73 Å². The lowest BCUT2D eigenvalue weighted by Gasteiger charge is -2.31. The van der Waals surface area contributed by atoms with Crippen molar-refractivity contribution < 1.29 is 28.4 Å². The maximum atomic E-state index is 5.98. The highest BCUT2D eigenvalue weighted by atomic mass is 16.7. The van der Waals surface area contributed by atoms with E-state index in [0.29, 0.717) is 39.3 Å². The number of nitrogens with zero attached hydrogens (tertiary/aromatic N) is 1. The van der Waals surface area contributed by atoms with E-state index in [0.717, 1.165) is 0 Å². The monoisotopic (exact) mass is 368 g/mol. The van der Waals surface area contributed by atoms with Gasteiger partial charge in [0.1, 0.15) is 0 Å². The third kappa shape index (κ3) is 11.0. The predicted molar refractivity (Wildman–Crippen MR) is 93.1 cm³/mol. The van der Waals surface area contributed by atoms with Crippen molar-refractivity contribution in [2.75, 3.05) is 61.3 Å². The van der Waals surface area contributed by atoms with Gasteiger partial charge in [-0.2, -0.15) is 5.12 Å². The number of ether oxygens (including phenoxy) is 6. The SMILES string of the molecule is CCOC(CNN(CCC(N)(OC)OC)NCC(OC)OC)OCC. The molecular formula is C15H36N4O6. The standard InChI is InChI=1S/C15H36N4O6/c1-7-24-14(25-8-2)12-18-19(17-11-13(20-3)21-4)10-9-15(16,22-5)23-6/h13-14,17-18H,7-12,16H2,1-6H3. The lowest BCUT2D eigenvalue weighted by molar-refractivity contribution is -0.211. The molecule has 0 aromatic rings. The Kier molecular flexibility index (Phi) is 14.5. The quantitative estimate of drug-likeness (QED) is 0.232. The number of nitrogens with one attached hydrogen (secondary N) is 2. The Bertz CT molecular complexity index is 300. The van der Waals surface area contributed by atoms with Crippen LogP contribution in [0.2, 0.25) is 0 Å². The number of methoxy groups -OCH3 is 4. The van der Waals surface area contributed by atoms with Gasteiger partial charge < -0.3 is 28.4 Å². The number of hydrazine groups is 2. The molecular weight excluding hydrogens is 332 g/mol. The third-order valence-corrected chi connectivity index (χ3v) is 3.50. The molecule has 0 unspecified atom stereocenters. The average molecular weight is 368 g/mol. The number of rotatable bonds is 17. The van der Waals surface area contributed by atoms with Crippen molar-refractivity contribution in [2.45, 2.75) is 38.8 Å². The van der Waals surface area contributed by atoms with Crippen LogP contribution in [0.5, 0.6) is 0 Å². The fraction of sp³-hybridized carbons (Fsp3) is 1.00. The molecule has 0 saturated heterocycles. The van der Waals surface area contributed by atoms with Gasteiger partial charge in [0, 0.05) is 54.6 Å².